The predicted octanol–water partition coefficient (Wildman–Crippen LogP) is 5.99. The maximum Gasteiger partial charge on any atom is 0.233 e. The summed E-state index contributed by atoms with van der Waals surface area (Å²) in [5, 5.41) is 0.788. The van der Waals surface area contributed by atoms with Crippen LogP contribution in [0.2, 0.25) is 5.02 Å². The highest BCUT2D eigenvalue weighted by Gasteiger charge is 2.25. The Kier molecular flexibility index (Phi) is 8.97. The lowest BCUT2D eigenvalue weighted by molar-refractivity contribution is 0.198. The van der Waals surface area contributed by atoms with Crippen LogP contribution in [0.4, 0.5) is 5.69 Å². The molecule has 163 valence electrons. The number of benzene rings is 2. The smallest absolute Gasteiger partial charge is 0.233 e. The average Bonchev–Trinajstić information content (AvgIpc) is 2.82. The number of hydrogen-bond donors (Lipinski definition) is 0. The first-order chi connectivity index (χ1) is 15.1. The Morgan fingerprint density at radius 3 is 2.32 bits per heavy atom. The summed E-state index contributed by atoms with van der Waals surface area (Å²) in [5.74, 6) is 0.497. The summed E-state index contributed by atoms with van der Waals surface area (Å²) in [4.78, 5) is 15.7. The Morgan fingerprint density at radius 1 is 1.06 bits per heavy atom. The standard InChI is InChI=1S/C27H32ClN2O/c1-3-5-7-24(23-10-12-25(28)13-11-23)20-27(6-4-2)30-18-16-29(17-19-30)26-14-8-22(21-31)9-15-26/h6,8-15,24,27H,2-3,5,7,16-20H2,1H3. The summed E-state index contributed by atoms with van der Waals surface area (Å²) < 4.78 is 0. The van der Waals surface area contributed by atoms with E-state index in [0.717, 1.165) is 43.3 Å². The van der Waals surface area contributed by atoms with Crippen molar-refractivity contribution in [2.24, 2.45) is 0 Å². The number of nitrogens with zero attached hydrogens (tertiary/aromatic N) is 2. The van der Waals surface area contributed by atoms with Crippen LogP contribution in [0.25, 0.3) is 0 Å². The molecule has 1 aliphatic heterocycles. The van der Waals surface area contributed by atoms with E-state index in [4.69, 9.17) is 11.6 Å². The number of anilines is 1. The van der Waals surface area contributed by atoms with E-state index in [1.807, 2.05) is 42.7 Å². The molecule has 0 bridgehead atoms. The van der Waals surface area contributed by atoms with E-state index >= 15 is 0 Å². The fraction of sp³-hybridized carbons (Fsp3) is 0.407. The second-order valence-electron chi connectivity index (χ2n) is 8.24. The fourth-order valence-corrected chi connectivity index (χ4v) is 4.53. The van der Waals surface area contributed by atoms with Crippen LogP contribution < -0.4 is 4.90 Å². The molecule has 3 nitrogen and oxygen atoms in total. The number of carbonyl (C=O) groups excluding carboxylic acids is 1. The molecule has 1 radical (unpaired) electrons. The van der Waals surface area contributed by atoms with E-state index in [2.05, 4.69) is 47.2 Å². The summed E-state index contributed by atoms with van der Waals surface area (Å²) in [6.07, 6.45) is 8.74. The first-order valence-corrected chi connectivity index (χ1v) is 11.6. The summed E-state index contributed by atoms with van der Waals surface area (Å²) in [6, 6.07) is 16.4. The largest absolute Gasteiger partial charge is 0.369 e. The van der Waals surface area contributed by atoms with Gasteiger partial charge < -0.3 is 4.90 Å². The van der Waals surface area contributed by atoms with Crippen molar-refractivity contribution < 1.29 is 4.79 Å². The van der Waals surface area contributed by atoms with Crippen molar-refractivity contribution in [3.05, 3.63) is 83.1 Å². The highest BCUT2D eigenvalue weighted by atomic mass is 35.5. The minimum atomic E-state index is 0.323. The quantitative estimate of drug-likeness (QED) is 0.428. The monoisotopic (exact) mass is 435 g/mol. The van der Waals surface area contributed by atoms with Gasteiger partial charge in [0, 0.05) is 48.5 Å². The van der Waals surface area contributed by atoms with Crippen LogP contribution in [-0.2, 0) is 4.79 Å². The van der Waals surface area contributed by atoms with Crippen molar-refractivity contribution >= 4 is 23.6 Å². The molecule has 1 fully saturated rings. The van der Waals surface area contributed by atoms with Crippen LogP contribution in [0.5, 0.6) is 0 Å². The Labute approximate surface area is 192 Å². The van der Waals surface area contributed by atoms with Crippen LogP contribution in [0.1, 0.15) is 49.7 Å². The van der Waals surface area contributed by atoms with E-state index in [9.17, 15) is 4.79 Å². The number of piperazine rings is 1. The molecular weight excluding hydrogens is 404 g/mol. The summed E-state index contributed by atoms with van der Waals surface area (Å²) in [7, 11) is 0. The van der Waals surface area contributed by atoms with Gasteiger partial charge >= 0.3 is 0 Å². The molecule has 0 N–H and O–H groups in total. The van der Waals surface area contributed by atoms with Gasteiger partial charge in [-0.3, -0.25) is 9.69 Å². The molecule has 1 heterocycles. The zero-order valence-electron chi connectivity index (χ0n) is 18.4. The van der Waals surface area contributed by atoms with E-state index in [0.29, 0.717) is 17.5 Å². The molecule has 0 aromatic heterocycles. The molecular formula is C27H32ClN2O. The van der Waals surface area contributed by atoms with Gasteiger partial charge in [-0.25, -0.2) is 0 Å². The predicted molar refractivity (Wildman–Crippen MR) is 131 cm³/mol. The van der Waals surface area contributed by atoms with Gasteiger partial charge in [0.2, 0.25) is 6.29 Å². The fourth-order valence-electron chi connectivity index (χ4n) is 4.41. The minimum Gasteiger partial charge on any atom is -0.369 e. The van der Waals surface area contributed by atoms with E-state index in [-0.39, 0.29) is 0 Å². The summed E-state index contributed by atoms with van der Waals surface area (Å²) >= 11 is 6.12. The highest BCUT2D eigenvalue weighted by Crippen LogP contribution is 2.30. The lowest BCUT2D eigenvalue weighted by Crippen LogP contribution is -2.50. The van der Waals surface area contributed by atoms with E-state index in [1.54, 1.807) is 0 Å². The van der Waals surface area contributed by atoms with Crippen molar-refractivity contribution in [3.63, 3.8) is 0 Å². The number of rotatable bonds is 10. The molecule has 2 atom stereocenters. The van der Waals surface area contributed by atoms with Gasteiger partial charge in [0.25, 0.3) is 0 Å². The second kappa shape index (κ2) is 11.9. The first-order valence-electron chi connectivity index (χ1n) is 11.2. The normalized spacial score (nSPS) is 16.4. The third-order valence-electron chi connectivity index (χ3n) is 6.22. The number of hydrogen-bond acceptors (Lipinski definition) is 3. The van der Waals surface area contributed by atoms with Crippen LogP contribution in [-0.4, -0.2) is 43.4 Å². The first kappa shape index (κ1) is 23.3. The molecule has 0 aliphatic carbocycles. The van der Waals surface area contributed by atoms with Crippen LogP contribution in [0, 0.1) is 0 Å². The summed E-state index contributed by atoms with van der Waals surface area (Å²) in [6.45, 7) is 10.0. The van der Waals surface area contributed by atoms with Gasteiger partial charge in [0.05, 0.1) is 0 Å². The number of halogens is 1. The van der Waals surface area contributed by atoms with E-state index in [1.165, 1.54) is 24.8 Å². The van der Waals surface area contributed by atoms with Crippen molar-refractivity contribution in [2.75, 3.05) is 31.1 Å². The lowest BCUT2D eigenvalue weighted by Gasteiger charge is -2.40. The maximum atomic E-state index is 10.8. The van der Waals surface area contributed by atoms with E-state index < -0.39 is 0 Å². The Hall–Kier alpha value is -2.32. The van der Waals surface area contributed by atoms with Crippen molar-refractivity contribution in [1.29, 1.82) is 0 Å². The molecule has 0 spiro atoms. The molecule has 2 unspecified atom stereocenters. The Bertz CT molecular complexity index is 863. The van der Waals surface area contributed by atoms with Crippen LogP contribution >= 0.6 is 11.6 Å². The summed E-state index contributed by atoms with van der Waals surface area (Å²) in [5.41, 5.74) is 6.18. The third-order valence-corrected chi connectivity index (χ3v) is 6.47. The van der Waals surface area contributed by atoms with Gasteiger partial charge in [-0.2, -0.15) is 0 Å². The van der Waals surface area contributed by atoms with Crippen LogP contribution in [0.15, 0.2) is 66.9 Å². The topological polar surface area (TPSA) is 23.6 Å². The van der Waals surface area contributed by atoms with Crippen molar-refractivity contribution in [2.45, 2.75) is 44.6 Å². The SMILES string of the molecule is C=C=CC(CC(CCCC)c1ccc(Cl)cc1)N1CCN(c2ccc([C]=O)cc2)CC1. The molecule has 2 aromatic rings. The minimum absolute atomic E-state index is 0.323. The van der Waals surface area contributed by atoms with Crippen molar-refractivity contribution in [3.8, 4) is 0 Å². The molecule has 1 aliphatic rings. The zero-order valence-corrected chi connectivity index (χ0v) is 19.2. The van der Waals surface area contributed by atoms with Gasteiger partial charge in [-0.15, -0.1) is 5.73 Å². The molecule has 3 rings (SSSR count). The lowest BCUT2D eigenvalue weighted by atomic mass is 9.87. The van der Waals surface area contributed by atoms with Gasteiger partial charge in [-0.1, -0.05) is 50.1 Å². The molecule has 1 saturated heterocycles. The van der Waals surface area contributed by atoms with Gasteiger partial charge in [0.1, 0.15) is 0 Å². The third kappa shape index (κ3) is 6.58. The maximum absolute atomic E-state index is 10.8. The average molecular weight is 436 g/mol. The Morgan fingerprint density at radius 2 is 1.74 bits per heavy atom. The molecule has 2 aromatic carbocycles. The van der Waals surface area contributed by atoms with Crippen LogP contribution in [0.3, 0.4) is 0 Å². The van der Waals surface area contributed by atoms with Gasteiger partial charge in [0.15, 0.2) is 0 Å². The molecule has 4 heteroatoms. The Balaban J connectivity index is 1.66. The molecule has 0 amide bonds. The zero-order chi connectivity index (χ0) is 22.1. The van der Waals surface area contributed by atoms with Gasteiger partial charge in [-0.05, 0) is 66.8 Å². The van der Waals surface area contributed by atoms with Crippen molar-refractivity contribution in [1.82, 2.24) is 4.90 Å². The number of unbranched alkanes of at least 4 members (excludes halogenated alkanes) is 1. The second-order valence-corrected chi connectivity index (χ2v) is 8.67. The highest BCUT2D eigenvalue weighted by molar-refractivity contribution is 6.30. The molecule has 0 saturated carbocycles. The molecule has 31 heavy (non-hydrogen) atoms.